The number of carboxylic acids is 1. The molecule has 0 radical (unpaired) electrons. The molecular weight excluding hydrogens is 220 g/mol. The van der Waals surface area contributed by atoms with Crippen LogP contribution in [0.5, 0.6) is 0 Å². The van der Waals surface area contributed by atoms with Crippen LogP contribution in [0.25, 0.3) is 0 Å². The van der Waals surface area contributed by atoms with Gasteiger partial charge in [0.2, 0.25) is 0 Å². The van der Waals surface area contributed by atoms with Gasteiger partial charge in [0.05, 0.1) is 5.97 Å². The lowest BCUT2D eigenvalue weighted by atomic mass is 10.0. The van der Waals surface area contributed by atoms with Crippen LogP contribution in [-0.4, -0.2) is 15.8 Å². The van der Waals surface area contributed by atoms with E-state index in [0.29, 0.717) is 11.8 Å². The van der Waals surface area contributed by atoms with Gasteiger partial charge in [0.1, 0.15) is 5.40 Å². The number of nitriles is 1. The maximum absolute atomic E-state index is 10.8. The first kappa shape index (κ1) is 11.3. The number of rotatable bonds is 3. The van der Waals surface area contributed by atoms with Crippen LogP contribution in [0.2, 0.25) is 0 Å². The van der Waals surface area contributed by atoms with E-state index in [0.717, 1.165) is 6.08 Å². The summed E-state index contributed by atoms with van der Waals surface area (Å²) in [6.45, 7) is 0. The average Bonchev–Trinajstić information content (AvgIpc) is 2.18. The Morgan fingerprint density at radius 3 is 2.87 bits per heavy atom. The van der Waals surface area contributed by atoms with E-state index < -0.39 is 15.8 Å². The third-order valence-corrected chi connectivity index (χ3v) is 2.65. The number of thiocyanates is 1. The molecule has 7 heteroatoms. The molecule has 0 aliphatic heterocycles. The van der Waals surface area contributed by atoms with Gasteiger partial charge >= 0.3 is 4.87 Å². The Bertz CT molecular complexity index is 409. The monoisotopic (exact) mass is 225 g/mol. The predicted octanol–water partition coefficient (Wildman–Crippen LogP) is -0.190. The summed E-state index contributed by atoms with van der Waals surface area (Å²) in [7, 11) is 0. The van der Waals surface area contributed by atoms with Crippen molar-refractivity contribution < 1.29 is 14.8 Å². The van der Waals surface area contributed by atoms with Crippen LogP contribution in [0.1, 0.15) is 6.42 Å². The van der Waals surface area contributed by atoms with Gasteiger partial charge in [0.25, 0.3) is 0 Å². The van der Waals surface area contributed by atoms with Crippen molar-refractivity contribution in [3.05, 3.63) is 33.9 Å². The summed E-state index contributed by atoms with van der Waals surface area (Å²) in [5.41, 5.74) is -0.183. The van der Waals surface area contributed by atoms with Gasteiger partial charge in [-0.1, -0.05) is 6.08 Å². The van der Waals surface area contributed by atoms with Gasteiger partial charge in [-0.2, -0.15) is 5.26 Å². The molecule has 0 amide bonds. The Balaban J connectivity index is 3.14. The van der Waals surface area contributed by atoms with Crippen LogP contribution in [0.15, 0.2) is 23.8 Å². The van der Waals surface area contributed by atoms with E-state index in [1.165, 1.54) is 12.2 Å². The topological polar surface area (TPSA) is 107 Å². The van der Waals surface area contributed by atoms with Gasteiger partial charge < -0.3 is 9.90 Å². The van der Waals surface area contributed by atoms with Crippen molar-refractivity contribution in [3.63, 3.8) is 0 Å². The second-order valence-electron chi connectivity index (χ2n) is 2.77. The number of aliphatic carboxylic acids is 1. The van der Waals surface area contributed by atoms with Gasteiger partial charge in [-0.05, 0) is 12.0 Å². The summed E-state index contributed by atoms with van der Waals surface area (Å²) < 4.78 is 0. The van der Waals surface area contributed by atoms with Crippen LogP contribution in [-0.2, 0) is 4.79 Å². The zero-order valence-corrected chi connectivity index (χ0v) is 8.19. The first-order valence-corrected chi connectivity index (χ1v) is 4.66. The molecule has 1 aliphatic rings. The second kappa shape index (κ2) is 4.14. The second-order valence-corrected chi connectivity index (χ2v) is 3.81. The summed E-state index contributed by atoms with van der Waals surface area (Å²) in [4.78, 5) is 18.8. The van der Waals surface area contributed by atoms with Crippen molar-refractivity contribution >= 4 is 17.7 Å². The number of nitro groups is 1. The van der Waals surface area contributed by atoms with Crippen molar-refractivity contribution in [2.24, 2.45) is 0 Å². The molecule has 15 heavy (non-hydrogen) atoms. The standard InChI is InChI=1S/C8H6N2O4S/c9-5-15-8(10(13)14)3-1-2-6(4-8)7(11)12/h1,3-4H,2H2,(H,11,12)/p-1. The zero-order chi connectivity index (χ0) is 11.5. The molecule has 1 atom stereocenters. The molecule has 0 aromatic carbocycles. The highest BCUT2D eigenvalue weighted by atomic mass is 32.2. The van der Waals surface area contributed by atoms with E-state index in [9.17, 15) is 20.0 Å². The Labute approximate surface area is 89.0 Å². The zero-order valence-electron chi connectivity index (χ0n) is 7.37. The molecule has 6 nitrogen and oxygen atoms in total. The summed E-state index contributed by atoms with van der Waals surface area (Å²) in [6, 6.07) is 0. The van der Waals surface area contributed by atoms with Gasteiger partial charge in [0, 0.05) is 28.8 Å². The number of hydrogen-bond acceptors (Lipinski definition) is 6. The molecule has 0 aromatic heterocycles. The Morgan fingerprint density at radius 1 is 1.73 bits per heavy atom. The third-order valence-electron chi connectivity index (χ3n) is 1.83. The number of carbonyl (C=O) groups excluding carboxylic acids is 1. The molecule has 0 N–H and O–H groups in total. The van der Waals surface area contributed by atoms with Crippen LogP contribution in [0, 0.1) is 20.8 Å². The number of hydrogen-bond donors (Lipinski definition) is 0. The van der Waals surface area contributed by atoms with E-state index in [-0.39, 0.29) is 12.0 Å². The molecule has 0 heterocycles. The van der Waals surface area contributed by atoms with Gasteiger partial charge in [0.15, 0.2) is 0 Å². The van der Waals surface area contributed by atoms with Gasteiger partial charge in [-0.15, -0.1) is 0 Å². The molecular formula is C8H5N2O4S-. The third kappa shape index (κ3) is 2.16. The van der Waals surface area contributed by atoms with E-state index in [1.807, 2.05) is 0 Å². The maximum Gasteiger partial charge on any atom is 0.317 e. The number of nitrogens with zero attached hydrogens (tertiary/aromatic N) is 2. The highest BCUT2D eigenvalue weighted by Crippen LogP contribution is 2.33. The Hall–Kier alpha value is -1.81. The van der Waals surface area contributed by atoms with Gasteiger partial charge in [-0.25, -0.2) is 0 Å². The quantitative estimate of drug-likeness (QED) is 0.216. The first-order valence-electron chi connectivity index (χ1n) is 3.84. The molecule has 1 unspecified atom stereocenters. The van der Waals surface area contributed by atoms with E-state index in [1.54, 1.807) is 5.40 Å². The normalized spacial score (nSPS) is 24.1. The summed E-state index contributed by atoms with van der Waals surface area (Å²) >= 11 is 0.381. The fourth-order valence-corrected chi connectivity index (χ4v) is 1.73. The maximum atomic E-state index is 10.8. The number of carbonyl (C=O) groups is 1. The predicted molar refractivity (Wildman–Crippen MR) is 49.8 cm³/mol. The largest absolute Gasteiger partial charge is 0.545 e. The summed E-state index contributed by atoms with van der Waals surface area (Å²) in [5, 5.41) is 31.3. The summed E-state index contributed by atoms with van der Waals surface area (Å²) in [6.07, 6.45) is 3.56. The summed E-state index contributed by atoms with van der Waals surface area (Å²) in [5.74, 6) is -1.45. The van der Waals surface area contributed by atoms with Crippen LogP contribution in [0.4, 0.5) is 0 Å². The average molecular weight is 225 g/mol. The van der Waals surface area contributed by atoms with Crippen LogP contribution < -0.4 is 5.11 Å². The molecule has 0 saturated heterocycles. The lowest BCUT2D eigenvalue weighted by Crippen LogP contribution is -2.35. The number of carboxylic acid groups (broad SMARTS) is 1. The molecule has 1 aliphatic carbocycles. The van der Waals surface area contributed by atoms with Crippen molar-refractivity contribution in [2.45, 2.75) is 11.3 Å². The molecule has 0 bridgehead atoms. The van der Waals surface area contributed by atoms with Crippen molar-refractivity contribution in [1.29, 1.82) is 5.26 Å². The molecule has 78 valence electrons. The van der Waals surface area contributed by atoms with Crippen molar-refractivity contribution in [3.8, 4) is 5.40 Å². The molecule has 0 saturated carbocycles. The lowest BCUT2D eigenvalue weighted by Gasteiger charge is -2.19. The molecule has 0 fully saturated rings. The van der Waals surface area contributed by atoms with E-state index in [2.05, 4.69) is 0 Å². The van der Waals surface area contributed by atoms with Crippen molar-refractivity contribution in [1.82, 2.24) is 0 Å². The minimum Gasteiger partial charge on any atom is -0.545 e. The highest BCUT2D eigenvalue weighted by molar-refractivity contribution is 8.05. The van der Waals surface area contributed by atoms with E-state index >= 15 is 0 Å². The minimum atomic E-state index is -1.80. The highest BCUT2D eigenvalue weighted by Gasteiger charge is 2.41. The van der Waals surface area contributed by atoms with Gasteiger partial charge in [-0.3, -0.25) is 10.1 Å². The van der Waals surface area contributed by atoms with E-state index in [4.69, 9.17) is 5.26 Å². The lowest BCUT2D eigenvalue weighted by molar-refractivity contribution is -0.511. The fraction of sp³-hybridized carbons (Fsp3) is 0.250. The Morgan fingerprint density at radius 2 is 2.40 bits per heavy atom. The number of thioether (sulfide) groups is 1. The van der Waals surface area contributed by atoms with Crippen molar-refractivity contribution in [2.75, 3.05) is 0 Å². The van der Waals surface area contributed by atoms with Crippen LogP contribution in [0.3, 0.4) is 0 Å². The Kier molecular flexibility index (Phi) is 3.11. The number of allylic oxidation sites excluding steroid dienone is 1. The first-order chi connectivity index (χ1) is 7.02. The SMILES string of the molecule is N#CSC1([N+](=O)[O-])C=CCC(C(=O)[O-])=C1. The van der Waals surface area contributed by atoms with Crippen LogP contribution >= 0.6 is 11.8 Å². The molecule has 0 spiro atoms. The molecule has 0 aromatic rings. The minimum absolute atomic E-state index is 0.0733. The smallest absolute Gasteiger partial charge is 0.317 e. The molecule has 1 rings (SSSR count). The fourth-order valence-electron chi connectivity index (χ4n) is 1.14.